The van der Waals surface area contributed by atoms with Crippen LogP contribution in [0.4, 0.5) is 0 Å². The Morgan fingerprint density at radius 1 is 1.22 bits per heavy atom. The highest BCUT2D eigenvalue weighted by atomic mass is 16.5. The average molecular weight is 246 g/mol. The first-order chi connectivity index (χ1) is 8.61. The second-order valence-corrected chi connectivity index (χ2v) is 3.90. The molecule has 0 saturated carbocycles. The maximum atomic E-state index is 11.7. The predicted octanol–water partition coefficient (Wildman–Crippen LogP) is 1.44. The molecule has 0 bridgehead atoms. The average Bonchev–Trinajstić information content (AvgIpc) is 2.31. The van der Waals surface area contributed by atoms with Gasteiger partial charge in [-0.15, -0.1) is 0 Å². The van der Waals surface area contributed by atoms with E-state index in [4.69, 9.17) is 4.74 Å². The molecule has 94 valence electrons. The fraction of sp³-hybridized carbons (Fsp3) is 0.231. The molecule has 5 heteroatoms. The molecule has 0 aliphatic heterocycles. The van der Waals surface area contributed by atoms with Gasteiger partial charge in [0.25, 0.3) is 5.56 Å². The minimum absolute atomic E-state index is 0.397. The summed E-state index contributed by atoms with van der Waals surface area (Å²) >= 11 is 0. The van der Waals surface area contributed by atoms with Gasteiger partial charge in [0.05, 0.1) is 12.2 Å². The summed E-state index contributed by atoms with van der Waals surface area (Å²) in [4.78, 5) is 27.3. The fourth-order valence-corrected chi connectivity index (χ4v) is 1.80. The molecule has 0 fully saturated rings. The van der Waals surface area contributed by atoms with Crippen LogP contribution in [-0.4, -0.2) is 16.6 Å². The first-order valence-electron chi connectivity index (χ1n) is 5.67. The largest absolute Gasteiger partial charge is 0.494 e. The van der Waals surface area contributed by atoms with Gasteiger partial charge in [-0.25, -0.2) is 4.79 Å². The molecule has 0 atom stereocenters. The van der Waals surface area contributed by atoms with E-state index in [9.17, 15) is 9.59 Å². The number of ether oxygens (including phenoxy) is 1. The Kier molecular flexibility index (Phi) is 3.32. The van der Waals surface area contributed by atoms with E-state index < -0.39 is 11.2 Å². The van der Waals surface area contributed by atoms with Crippen molar-refractivity contribution in [2.45, 2.75) is 13.8 Å². The van der Waals surface area contributed by atoms with Crippen LogP contribution in [0.2, 0.25) is 0 Å². The van der Waals surface area contributed by atoms with Gasteiger partial charge in [0.2, 0.25) is 0 Å². The van der Waals surface area contributed by atoms with Gasteiger partial charge in [0.1, 0.15) is 5.75 Å². The van der Waals surface area contributed by atoms with Crippen molar-refractivity contribution in [3.63, 3.8) is 0 Å². The molecule has 5 nitrogen and oxygen atoms in total. The van der Waals surface area contributed by atoms with Crippen LogP contribution in [0.15, 0.2) is 34.0 Å². The third-order valence-corrected chi connectivity index (χ3v) is 2.62. The first kappa shape index (κ1) is 12.2. The van der Waals surface area contributed by atoms with E-state index >= 15 is 0 Å². The van der Waals surface area contributed by atoms with Crippen molar-refractivity contribution < 1.29 is 4.74 Å². The molecule has 2 aromatic rings. The summed E-state index contributed by atoms with van der Waals surface area (Å²) in [5.74, 6) is 0.764. The zero-order chi connectivity index (χ0) is 13.1. The number of H-pyrrole nitrogens is 2. The van der Waals surface area contributed by atoms with Gasteiger partial charge < -0.3 is 9.72 Å². The van der Waals surface area contributed by atoms with Gasteiger partial charge in [-0.2, -0.15) is 0 Å². The summed E-state index contributed by atoms with van der Waals surface area (Å²) in [7, 11) is 0. The van der Waals surface area contributed by atoms with Crippen molar-refractivity contribution in [2.24, 2.45) is 0 Å². The summed E-state index contributed by atoms with van der Waals surface area (Å²) < 4.78 is 5.38. The summed E-state index contributed by atoms with van der Waals surface area (Å²) in [6.07, 6.45) is 1.42. The van der Waals surface area contributed by atoms with Gasteiger partial charge in [0, 0.05) is 6.20 Å². The first-order valence-corrected chi connectivity index (χ1v) is 5.67. The number of aromatic amines is 2. The SMILES string of the molecule is CCOc1ccc(-c2c[nH]c(=O)[nH]c2=O)c(C)c1. The Morgan fingerprint density at radius 2 is 2.00 bits per heavy atom. The van der Waals surface area contributed by atoms with Crippen molar-refractivity contribution >= 4 is 0 Å². The number of aromatic nitrogens is 2. The molecule has 1 aromatic carbocycles. The van der Waals surface area contributed by atoms with Crippen LogP contribution in [0.5, 0.6) is 5.75 Å². The standard InChI is InChI=1S/C13H14N2O3/c1-3-18-9-4-5-10(8(2)6-9)11-7-14-13(17)15-12(11)16/h4-7H,3H2,1-2H3,(H2,14,15,16,17). The highest BCUT2D eigenvalue weighted by molar-refractivity contribution is 5.66. The maximum Gasteiger partial charge on any atom is 0.325 e. The van der Waals surface area contributed by atoms with Crippen molar-refractivity contribution in [1.29, 1.82) is 0 Å². The van der Waals surface area contributed by atoms with Crippen LogP contribution in [0, 0.1) is 6.92 Å². The molecule has 1 aromatic heterocycles. The fourth-order valence-electron chi connectivity index (χ4n) is 1.80. The highest BCUT2D eigenvalue weighted by Gasteiger charge is 2.07. The van der Waals surface area contributed by atoms with Crippen LogP contribution >= 0.6 is 0 Å². The number of hydrogen-bond donors (Lipinski definition) is 2. The molecule has 0 saturated heterocycles. The predicted molar refractivity (Wildman–Crippen MR) is 69.0 cm³/mol. The molecular weight excluding hydrogens is 232 g/mol. The number of benzene rings is 1. The van der Waals surface area contributed by atoms with Crippen molar-refractivity contribution in [3.05, 3.63) is 50.8 Å². The van der Waals surface area contributed by atoms with Crippen LogP contribution < -0.4 is 16.0 Å². The summed E-state index contributed by atoms with van der Waals surface area (Å²) in [6, 6.07) is 5.48. The lowest BCUT2D eigenvalue weighted by molar-refractivity contribution is 0.340. The summed E-state index contributed by atoms with van der Waals surface area (Å²) in [5.41, 5.74) is 1.22. The van der Waals surface area contributed by atoms with Crippen molar-refractivity contribution in [3.8, 4) is 16.9 Å². The van der Waals surface area contributed by atoms with Crippen LogP contribution in [-0.2, 0) is 0 Å². The van der Waals surface area contributed by atoms with E-state index in [0.29, 0.717) is 12.2 Å². The number of nitrogens with one attached hydrogen (secondary N) is 2. The normalized spacial score (nSPS) is 10.3. The number of aryl methyl sites for hydroxylation is 1. The Morgan fingerprint density at radius 3 is 2.61 bits per heavy atom. The zero-order valence-corrected chi connectivity index (χ0v) is 10.2. The molecule has 1 heterocycles. The Balaban J connectivity index is 2.51. The van der Waals surface area contributed by atoms with Crippen LogP contribution in [0.3, 0.4) is 0 Å². The third kappa shape index (κ3) is 2.34. The smallest absolute Gasteiger partial charge is 0.325 e. The van der Waals surface area contributed by atoms with Crippen molar-refractivity contribution in [2.75, 3.05) is 6.61 Å². The van der Waals surface area contributed by atoms with Gasteiger partial charge in [0.15, 0.2) is 0 Å². The molecule has 2 rings (SSSR count). The minimum Gasteiger partial charge on any atom is -0.494 e. The number of rotatable bonds is 3. The quantitative estimate of drug-likeness (QED) is 0.860. The molecule has 0 amide bonds. The Labute approximate surface area is 103 Å². The molecule has 2 N–H and O–H groups in total. The second-order valence-electron chi connectivity index (χ2n) is 3.90. The lowest BCUT2D eigenvalue weighted by atomic mass is 10.0. The van der Waals surface area contributed by atoms with Crippen LogP contribution in [0.25, 0.3) is 11.1 Å². The lowest BCUT2D eigenvalue weighted by Gasteiger charge is -2.08. The molecule has 0 spiro atoms. The highest BCUT2D eigenvalue weighted by Crippen LogP contribution is 2.23. The van der Waals surface area contributed by atoms with Gasteiger partial charge >= 0.3 is 5.69 Å². The Bertz CT molecular complexity index is 670. The van der Waals surface area contributed by atoms with Gasteiger partial charge in [-0.3, -0.25) is 9.78 Å². The molecule has 0 aliphatic rings. The number of hydrogen-bond acceptors (Lipinski definition) is 3. The molecule has 0 unspecified atom stereocenters. The molecule has 18 heavy (non-hydrogen) atoms. The topological polar surface area (TPSA) is 75.0 Å². The van der Waals surface area contributed by atoms with Gasteiger partial charge in [-0.05, 0) is 37.1 Å². The summed E-state index contributed by atoms with van der Waals surface area (Å²) in [6.45, 7) is 4.40. The molecular formula is C13H14N2O3. The lowest BCUT2D eigenvalue weighted by Crippen LogP contribution is -2.22. The Hall–Kier alpha value is -2.30. The summed E-state index contributed by atoms with van der Waals surface area (Å²) in [5, 5.41) is 0. The zero-order valence-electron chi connectivity index (χ0n) is 10.2. The third-order valence-electron chi connectivity index (χ3n) is 2.62. The van der Waals surface area contributed by atoms with E-state index in [1.165, 1.54) is 6.20 Å². The minimum atomic E-state index is -0.507. The van der Waals surface area contributed by atoms with Gasteiger partial charge in [-0.1, -0.05) is 6.07 Å². The maximum absolute atomic E-state index is 11.7. The molecule has 0 aliphatic carbocycles. The molecule has 0 radical (unpaired) electrons. The van der Waals surface area contributed by atoms with E-state index in [-0.39, 0.29) is 0 Å². The van der Waals surface area contributed by atoms with E-state index in [2.05, 4.69) is 9.97 Å². The van der Waals surface area contributed by atoms with E-state index in [0.717, 1.165) is 16.9 Å². The van der Waals surface area contributed by atoms with E-state index in [1.54, 1.807) is 6.07 Å². The van der Waals surface area contributed by atoms with E-state index in [1.807, 2.05) is 26.0 Å². The van der Waals surface area contributed by atoms with Crippen molar-refractivity contribution in [1.82, 2.24) is 9.97 Å². The second kappa shape index (κ2) is 4.91. The monoisotopic (exact) mass is 246 g/mol. The van der Waals surface area contributed by atoms with Crippen LogP contribution in [0.1, 0.15) is 12.5 Å².